The van der Waals surface area contributed by atoms with Gasteiger partial charge in [0.25, 0.3) is 0 Å². The van der Waals surface area contributed by atoms with E-state index in [4.69, 9.17) is 11.5 Å². The average Bonchev–Trinajstić information content (AvgIpc) is 3.37. The molecule has 224 valence electrons. The van der Waals surface area contributed by atoms with Crippen molar-refractivity contribution in [2.45, 2.75) is 49.9 Å². The fraction of sp³-hybridized carbons (Fsp3) is 0.345. The van der Waals surface area contributed by atoms with Crippen molar-refractivity contribution >= 4 is 52.3 Å². The molecule has 4 unspecified atom stereocenters. The summed E-state index contributed by atoms with van der Waals surface area (Å²) in [4.78, 5) is 66.1. The van der Waals surface area contributed by atoms with Gasteiger partial charge in [0.2, 0.25) is 23.6 Å². The molecule has 0 saturated carbocycles. The zero-order valence-electron chi connectivity index (χ0n) is 23.2. The summed E-state index contributed by atoms with van der Waals surface area (Å²) in [5.74, 6) is -3.58. The molecule has 0 bridgehead atoms. The lowest BCUT2D eigenvalue weighted by molar-refractivity contribution is -0.142. The van der Waals surface area contributed by atoms with Crippen molar-refractivity contribution in [2.75, 3.05) is 12.0 Å². The Bertz CT molecular complexity index is 1400. The molecule has 13 heteroatoms. The minimum atomic E-state index is -1.27. The molecule has 3 rings (SSSR count). The first-order valence-corrected chi connectivity index (χ1v) is 14.7. The zero-order valence-corrected chi connectivity index (χ0v) is 24.0. The van der Waals surface area contributed by atoms with E-state index in [1.807, 2.05) is 30.5 Å². The van der Waals surface area contributed by atoms with Crippen molar-refractivity contribution in [1.29, 1.82) is 0 Å². The van der Waals surface area contributed by atoms with Gasteiger partial charge in [-0.3, -0.25) is 19.2 Å². The molecular weight excluding hydrogens is 560 g/mol. The highest BCUT2D eigenvalue weighted by Gasteiger charge is 2.31. The van der Waals surface area contributed by atoms with Crippen LogP contribution in [0.4, 0.5) is 0 Å². The molecule has 0 aliphatic rings. The van der Waals surface area contributed by atoms with Gasteiger partial charge in [0.15, 0.2) is 0 Å². The summed E-state index contributed by atoms with van der Waals surface area (Å²) in [5.41, 5.74) is 13.3. The number of amides is 4. The SMILES string of the molecule is CSCCC(NC(=O)C(Cc1c[nH]c2ccccc12)NC(=O)C(N)CC(N)=O)C(=O)NC(Cc1ccccc1)C(=O)O. The maximum absolute atomic E-state index is 13.6. The number of carboxylic acids is 1. The minimum absolute atomic E-state index is 0.0491. The van der Waals surface area contributed by atoms with Crippen LogP contribution in [0.15, 0.2) is 60.8 Å². The molecule has 0 saturated heterocycles. The maximum Gasteiger partial charge on any atom is 0.326 e. The summed E-state index contributed by atoms with van der Waals surface area (Å²) in [5, 5.41) is 18.4. The minimum Gasteiger partial charge on any atom is -0.480 e. The number of aromatic nitrogens is 1. The van der Waals surface area contributed by atoms with E-state index in [0.29, 0.717) is 5.75 Å². The van der Waals surface area contributed by atoms with E-state index in [2.05, 4.69) is 20.9 Å². The highest BCUT2D eigenvalue weighted by molar-refractivity contribution is 7.98. The summed E-state index contributed by atoms with van der Waals surface area (Å²) in [6, 6.07) is 11.6. The van der Waals surface area contributed by atoms with Crippen molar-refractivity contribution in [3.05, 3.63) is 71.9 Å². The summed E-state index contributed by atoms with van der Waals surface area (Å²) in [7, 11) is 0. The number of aliphatic carboxylic acids is 1. The predicted octanol–water partition coefficient (Wildman–Crippen LogP) is 0.448. The molecule has 0 fully saturated rings. The molecule has 2 aromatic carbocycles. The van der Waals surface area contributed by atoms with Gasteiger partial charge in [0.05, 0.1) is 12.5 Å². The van der Waals surface area contributed by atoms with Crippen LogP contribution in [0.2, 0.25) is 0 Å². The molecule has 12 nitrogen and oxygen atoms in total. The second-order valence-corrected chi connectivity index (χ2v) is 10.8. The van der Waals surface area contributed by atoms with E-state index in [-0.39, 0.29) is 19.3 Å². The number of hydrogen-bond donors (Lipinski definition) is 7. The normalized spacial score (nSPS) is 13.9. The second-order valence-electron chi connectivity index (χ2n) is 9.83. The number of rotatable bonds is 16. The van der Waals surface area contributed by atoms with Gasteiger partial charge in [-0.2, -0.15) is 11.8 Å². The first kappa shape index (κ1) is 32.2. The monoisotopic (exact) mass is 596 g/mol. The lowest BCUT2D eigenvalue weighted by atomic mass is 10.0. The van der Waals surface area contributed by atoms with Crippen LogP contribution in [0.25, 0.3) is 10.9 Å². The van der Waals surface area contributed by atoms with Gasteiger partial charge in [-0.25, -0.2) is 4.79 Å². The maximum atomic E-state index is 13.6. The molecule has 1 heterocycles. The topological polar surface area (TPSA) is 209 Å². The molecule has 4 amide bonds. The van der Waals surface area contributed by atoms with Crippen molar-refractivity contribution in [3.8, 4) is 0 Å². The molecule has 3 aromatic rings. The van der Waals surface area contributed by atoms with Crippen LogP contribution < -0.4 is 27.4 Å². The smallest absolute Gasteiger partial charge is 0.326 e. The second kappa shape index (κ2) is 15.6. The number of nitrogens with two attached hydrogens (primary N) is 2. The summed E-state index contributed by atoms with van der Waals surface area (Å²) in [6.45, 7) is 0. The Hall–Kier alpha value is -4.36. The van der Waals surface area contributed by atoms with E-state index in [1.165, 1.54) is 11.8 Å². The summed E-state index contributed by atoms with van der Waals surface area (Å²) < 4.78 is 0. The summed E-state index contributed by atoms with van der Waals surface area (Å²) in [6.07, 6.45) is 3.47. The standard InChI is InChI=1S/C29H36N6O6S/c1-42-12-11-22(27(38)35-24(29(40)41)13-17-7-3-2-4-8-17)33-28(39)23(34-26(37)20(30)15-25(31)36)14-18-16-32-21-10-6-5-9-19(18)21/h2-10,16,20,22-24,32H,11-15,30H2,1H3,(H2,31,36)(H,33,39)(H,34,37)(H,35,38)(H,40,41). The predicted molar refractivity (Wildman–Crippen MR) is 160 cm³/mol. The van der Waals surface area contributed by atoms with Crippen molar-refractivity contribution in [2.24, 2.45) is 11.5 Å². The highest BCUT2D eigenvalue weighted by atomic mass is 32.2. The number of aromatic amines is 1. The third-order valence-electron chi connectivity index (χ3n) is 6.63. The van der Waals surface area contributed by atoms with E-state index < -0.39 is 60.2 Å². The van der Waals surface area contributed by atoms with Crippen LogP contribution in [0, 0.1) is 0 Å². The first-order chi connectivity index (χ1) is 20.1. The van der Waals surface area contributed by atoms with Gasteiger partial charge in [-0.05, 0) is 35.6 Å². The Kier molecular flexibility index (Phi) is 11.9. The summed E-state index contributed by atoms with van der Waals surface area (Å²) >= 11 is 1.45. The average molecular weight is 597 g/mol. The molecule has 0 aliphatic heterocycles. The third kappa shape index (κ3) is 9.35. The van der Waals surface area contributed by atoms with Crippen LogP contribution >= 0.6 is 11.8 Å². The lowest BCUT2D eigenvalue weighted by Gasteiger charge is -2.25. The third-order valence-corrected chi connectivity index (χ3v) is 7.27. The molecule has 1 aromatic heterocycles. The molecule has 0 aliphatic carbocycles. The van der Waals surface area contributed by atoms with E-state index >= 15 is 0 Å². The van der Waals surface area contributed by atoms with Crippen LogP contribution in [-0.2, 0) is 36.8 Å². The Balaban J connectivity index is 1.81. The van der Waals surface area contributed by atoms with E-state index in [1.54, 1.807) is 36.5 Å². The Morgan fingerprint density at radius 1 is 0.857 bits per heavy atom. The Morgan fingerprint density at radius 2 is 1.48 bits per heavy atom. The van der Waals surface area contributed by atoms with Crippen LogP contribution in [0.3, 0.4) is 0 Å². The number of carbonyl (C=O) groups is 5. The van der Waals surface area contributed by atoms with Crippen molar-refractivity contribution in [3.63, 3.8) is 0 Å². The fourth-order valence-corrected chi connectivity index (χ4v) is 4.89. The zero-order chi connectivity index (χ0) is 30.6. The number of hydrogen-bond acceptors (Lipinski definition) is 7. The number of nitrogens with one attached hydrogen (secondary N) is 4. The highest BCUT2D eigenvalue weighted by Crippen LogP contribution is 2.19. The Morgan fingerprint density at radius 3 is 2.14 bits per heavy atom. The quantitative estimate of drug-likeness (QED) is 0.123. The van der Waals surface area contributed by atoms with Crippen molar-refractivity contribution < 1.29 is 29.1 Å². The number of para-hydroxylation sites is 1. The Labute approximate surface area is 247 Å². The van der Waals surface area contributed by atoms with Gasteiger partial charge < -0.3 is 37.5 Å². The number of carboxylic acid groups (broad SMARTS) is 1. The van der Waals surface area contributed by atoms with Gasteiger partial charge in [-0.1, -0.05) is 48.5 Å². The van der Waals surface area contributed by atoms with Crippen LogP contribution in [-0.4, -0.2) is 75.9 Å². The molecule has 0 radical (unpaired) electrons. The van der Waals surface area contributed by atoms with E-state index in [0.717, 1.165) is 22.0 Å². The van der Waals surface area contributed by atoms with Crippen LogP contribution in [0.5, 0.6) is 0 Å². The molecule has 0 spiro atoms. The number of carbonyl (C=O) groups excluding carboxylic acids is 4. The molecule has 42 heavy (non-hydrogen) atoms. The van der Waals surface area contributed by atoms with E-state index in [9.17, 15) is 29.1 Å². The first-order valence-electron chi connectivity index (χ1n) is 13.3. The largest absolute Gasteiger partial charge is 0.480 e. The molecule has 4 atom stereocenters. The fourth-order valence-electron chi connectivity index (χ4n) is 4.42. The van der Waals surface area contributed by atoms with Gasteiger partial charge >= 0.3 is 5.97 Å². The van der Waals surface area contributed by atoms with Crippen LogP contribution in [0.1, 0.15) is 24.0 Å². The number of fused-ring (bicyclic) bond motifs is 1. The number of primary amides is 1. The van der Waals surface area contributed by atoms with Gasteiger partial charge in [0, 0.05) is 29.9 Å². The van der Waals surface area contributed by atoms with Crippen molar-refractivity contribution in [1.82, 2.24) is 20.9 Å². The molecule has 9 N–H and O–H groups in total. The molecular formula is C29H36N6O6S. The number of thioether (sulfide) groups is 1. The number of H-pyrrole nitrogens is 1. The van der Waals surface area contributed by atoms with Gasteiger partial charge in [0.1, 0.15) is 18.1 Å². The lowest BCUT2D eigenvalue weighted by Crippen LogP contribution is -2.58. The van der Waals surface area contributed by atoms with Gasteiger partial charge in [-0.15, -0.1) is 0 Å². The number of benzene rings is 2.